The summed E-state index contributed by atoms with van der Waals surface area (Å²) in [5, 5.41) is 11.4. The first-order valence-electron chi connectivity index (χ1n) is 7.34. The number of nitrogens with zero attached hydrogens (tertiary/aromatic N) is 2. The molecule has 0 aliphatic rings. The molecule has 116 valence electrons. The molecule has 0 saturated carbocycles. The maximum absolute atomic E-state index is 11.4. The first-order chi connectivity index (χ1) is 11.1. The second-order valence-electron chi connectivity index (χ2n) is 5.59. The molecule has 1 N–H and O–H groups in total. The molecule has 2 unspecified atom stereocenters. The van der Waals surface area contributed by atoms with E-state index in [2.05, 4.69) is 9.97 Å². The molecule has 23 heavy (non-hydrogen) atoms. The minimum Gasteiger partial charge on any atom is -0.383 e. The Morgan fingerprint density at radius 3 is 1.78 bits per heavy atom. The Kier molecular flexibility index (Phi) is 4.16. The number of aliphatic hydroxyl groups is 1. The van der Waals surface area contributed by atoms with Gasteiger partial charge in [0.25, 0.3) is 0 Å². The van der Waals surface area contributed by atoms with E-state index in [1.807, 2.05) is 60.7 Å². The van der Waals surface area contributed by atoms with Crippen molar-refractivity contribution in [2.45, 2.75) is 17.4 Å². The quantitative estimate of drug-likeness (QED) is 0.741. The van der Waals surface area contributed by atoms with Gasteiger partial charge >= 0.3 is 0 Å². The maximum Gasteiger partial charge on any atom is 0.130 e. The predicted molar refractivity (Wildman–Crippen MR) is 91.1 cm³/mol. The van der Waals surface area contributed by atoms with E-state index in [0.717, 1.165) is 11.1 Å². The van der Waals surface area contributed by atoms with E-state index in [4.69, 9.17) is 11.6 Å². The van der Waals surface area contributed by atoms with Crippen molar-refractivity contribution in [3.8, 4) is 0 Å². The van der Waals surface area contributed by atoms with Crippen molar-refractivity contribution < 1.29 is 5.11 Å². The van der Waals surface area contributed by atoms with Crippen LogP contribution in [0.3, 0.4) is 0 Å². The number of hydrogen-bond acceptors (Lipinski definition) is 3. The lowest BCUT2D eigenvalue weighted by Crippen LogP contribution is -2.44. The summed E-state index contributed by atoms with van der Waals surface area (Å²) < 4.78 is 0. The zero-order valence-corrected chi connectivity index (χ0v) is 13.5. The Balaban J connectivity index is 2.25. The van der Waals surface area contributed by atoms with Gasteiger partial charge in [-0.05, 0) is 18.1 Å². The first kappa shape index (κ1) is 15.7. The number of rotatable bonds is 4. The molecule has 0 bridgehead atoms. The number of alkyl halides is 1. The van der Waals surface area contributed by atoms with E-state index in [9.17, 15) is 5.11 Å². The number of halogens is 1. The topological polar surface area (TPSA) is 46.0 Å². The molecule has 0 spiro atoms. The lowest BCUT2D eigenvalue weighted by atomic mass is 9.74. The van der Waals surface area contributed by atoms with Gasteiger partial charge in [-0.3, -0.25) is 0 Å². The van der Waals surface area contributed by atoms with Gasteiger partial charge in [0.15, 0.2) is 0 Å². The van der Waals surface area contributed by atoms with E-state index in [1.165, 1.54) is 6.33 Å². The third kappa shape index (κ3) is 2.62. The number of aromatic nitrogens is 2. The van der Waals surface area contributed by atoms with E-state index in [0.29, 0.717) is 5.56 Å². The van der Waals surface area contributed by atoms with Crippen LogP contribution >= 0.6 is 11.6 Å². The van der Waals surface area contributed by atoms with Crippen LogP contribution in [0.5, 0.6) is 0 Å². The third-order valence-electron chi connectivity index (χ3n) is 4.14. The van der Waals surface area contributed by atoms with Gasteiger partial charge in [-0.15, -0.1) is 11.6 Å². The van der Waals surface area contributed by atoms with Crippen LogP contribution in [0.4, 0.5) is 0 Å². The van der Waals surface area contributed by atoms with Crippen molar-refractivity contribution in [1.29, 1.82) is 0 Å². The molecule has 0 amide bonds. The Labute approximate surface area is 140 Å². The van der Waals surface area contributed by atoms with E-state index in [1.54, 1.807) is 19.3 Å². The molecule has 3 nitrogen and oxygen atoms in total. The van der Waals surface area contributed by atoms with Gasteiger partial charge in [0.1, 0.15) is 16.8 Å². The largest absolute Gasteiger partial charge is 0.383 e. The predicted octanol–water partition coefficient (Wildman–Crippen LogP) is 3.87. The van der Waals surface area contributed by atoms with Crippen molar-refractivity contribution in [3.63, 3.8) is 0 Å². The van der Waals surface area contributed by atoms with E-state index < -0.39 is 10.5 Å². The molecule has 2 aromatic carbocycles. The maximum atomic E-state index is 11.4. The summed E-state index contributed by atoms with van der Waals surface area (Å²) in [4.78, 5) is 6.94. The van der Waals surface area contributed by atoms with E-state index >= 15 is 0 Å². The molecule has 4 heteroatoms. The van der Waals surface area contributed by atoms with Crippen molar-refractivity contribution in [2.75, 3.05) is 0 Å². The summed E-state index contributed by atoms with van der Waals surface area (Å²) in [6.07, 6.45) is 4.73. The van der Waals surface area contributed by atoms with Crippen molar-refractivity contribution >= 4 is 11.6 Å². The van der Waals surface area contributed by atoms with Crippen LogP contribution in [0.1, 0.15) is 23.6 Å². The monoisotopic (exact) mass is 324 g/mol. The average Bonchev–Trinajstić information content (AvgIpc) is 2.63. The van der Waals surface area contributed by atoms with Gasteiger partial charge < -0.3 is 5.11 Å². The Bertz CT molecular complexity index is 722. The second-order valence-corrected chi connectivity index (χ2v) is 6.16. The molecular weight excluding hydrogens is 308 g/mol. The Morgan fingerprint density at radius 1 is 0.783 bits per heavy atom. The van der Waals surface area contributed by atoms with Crippen LogP contribution in [0.2, 0.25) is 0 Å². The summed E-state index contributed by atoms with van der Waals surface area (Å²) in [6.45, 7) is 1.72. The highest BCUT2D eigenvalue weighted by atomic mass is 35.5. The first-order valence-corrected chi connectivity index (χ1v) is 7.72. The van der Waals surface area contributed by atoms with Gasteiger partial charge in [-0.1, -0.05) is 60.7 Å². The van der Waals surface area contributed by atoms with Gasteiger partial charge in [-0.25, -0.2) is 9.97 Å². The highest BCUT2D eigenvalue weighted by Crippen LogP contribution is 2.50. The summed E-state index contributed by atoms with van der Waals surface area (Å²) >= 11 is 7.09. The smallest absolute Gasteiger partial charge is 0.130 e. The van der Waals surface area contributed by atoms with Gasteiger partial charge in [-0.2, -0.15) is 0 Å². The lowest BCUT2D eigenvalue weighted by Gasteiger charge is -2.41. The molecule has 0 aliphatic heterocycles. The molecule has 1 aromatic heterocycles. The summed E-state index contributed by atoms with van der Waals surface area (Å²) in [7, 11) is 0. The van der Waals surface area contributed by atoms with Gasteiger partial charge in [0.2, 0.25) is 0 Å². The standard InChI is InChI=1S/C19H17ClN2O/c1-18(23,15-8-4-2-5-9-15)19(20,16-10-6-3-7-11-16)17-12-21-14-22-13-17/h2-14,23H,1H3. The van der Waals surface area contributed by atoms with Crippen LogP contribution in [0, 0.1) is 0 Å². The van der Waals surface area contributed by atoms with Crippen LogP contribution in [-0.2, 0) is 10.5 Å². The van der Waals surface area contributed by atoms with Gasteiger partial charge in [0, 0.05) is 18.0 Å². The van der Waals surface area contributed by atoms with E-state index in [-0.39, 0.29) is 0 Å². The normalized spacial score (nSPS) is 16.3. The van der Waals surface area contributed by atoms with Crippen LogP contribution < -0.4 is 0 Å². The Morgan fingerprint density at radius 2 is 1.26 bits per heavy atom. The minimum absolute atomic E-state index is 0.640. The second kappa shape index (κ2) is 6.11. The molecule has 3 aromatic rings. The molecule has 1 heterocycles. The van der Waals surface area contributed by atoms with Crippen molar-refractivity contribution in [3.05, 3.63) is 96.1 Å². The SMILES string of the molecule is CC(O)(c1ccccc1)C(Cl)(c1ccccc1)c1cncnc1. The molecule has 0 fully saturated rings. The average molecular weight is 325 g/mol. The highest BCUT2D eigenvalue weighted by molar-refractivity contribution is 6.27. The molecule has 3 rings (SSSR count). The van der Waals surface area contributed by atoms with Crippen LogP contribution in [0.15, 0.2) is 79.4 Å². The van der Waals surface area contributed by atoms with Crippen LogP contribution in [-0.4, -0.2) is 15.1 Å². The van der Waals surface area contributed by atoms with Gasteiger partial charge in [0.05, 0.1) is 0 Å². The number of hydrogen-bond donors (Lipinski definition) is 1. The fourth-order valence-electron chi connectivity index (χ4n) is 2.84. The zero-order valence-electron chi connectivity index (χ0n) is 12.7. The molecular formula is C19H17ClN2O. The summed E-state index contributed by atoms with van der Waals surface area (Å²) in [5.74, 6) is 0. The third-order valence-corrected chi connectivity index (χ3v) is 4.94. The molecule has 0 aliphatic carbocycles. The summed E-state index contributed by atoms with van der Waals surface area (Å²) in [5.41, 5.74) is 0.789. The minimum atomic E-state index is -1.36. The summed E-state index contributed by atoms with van der Waals surface area (Å²) in [6, 6.07) is 18.9. The fraction of sp³-hybridized carbons (Fsp3) is 0.158. The number of benzene rings is 2. The molecule has 2 atom stereocenters. The molecule has 0 saturated heterocycles. The fourth-order valence-corrected chi connectivity index (χ4v) is 3.17. The van der Waals surface area contributed by atoms with Crippen molar-refractivity contribution in [2.24, 2.45) is 0 Å². The lowest BCUT2D eigenvalue weighted by molar-refractivity contribution is 0.0223. The Hall–Kier alpha value is -2.23. The van der Waals surface area contributed by atoms with Crippen molar-refractivity contribution in [1.82, 2.24) is 9.97 Å². The zero-order chi connectivity index (χ0) is 16.3. The van der Waals surface area contributed by atoms with Crippen LogP contribution in [0.25, 0.3) is 0 Å². The molecule has 0 radical (unpaired) electrons. The highest BCUT2D eigenvalue weighted by Gasteiger charge is 2.50.